The minimum Gasteiger partial charge on any atom is -0.389 e. The van der Waals surface area contributed by atoms with E-state index in [1.54, 1.807) is 6.92 Å². The van der Waals surface area contributed by atoms with Crippen molar-refractivity contribution in [2.75, 3.05) is 11.4 Å². The SMILES string of the molecule is CC1Cc2ccccc2N(c2ccc([C@@H](C)O)cc2Cl)C1. The van der Waals surface area contributed by atoms with Crippen LogP contribution in [0.5, 0.6) is 0 Å². The van der Waals surface area contributed by atoms with Gasteiger partial charge >= 0.3 is 0 Å². The Morgan fingerprint density at radius 1 is 1.19 bits per heavy atom. The molecule has 110 valence electrons. The van der Waals surface area contributed by atoms with Crippen molar-refractivity contribution in [2.45, 2.75) is 26.4 Å². The van der Waals surface area contributed by atoms with Gasteiger partial charge in [0.2, 0.25) is 0 Å². The topological polar surface area (TPSA) is 23.5 Å². The predicted octanol–water partition coefficient (Wildman–Crippen LogP) is 4.72. The minimum absolute atomic E-state index is 0.496. The highest BCUT2D eigenvalue weighted by Crippen LogP contribution is 2.39. The summed E-state index contributed by atoms with van der Waals surface area (Å²) >= 11 is 6.47. The number of hydrogen-bond donors (Lipinski definition) is 1. The van der Waals surface area contributed by atoms with Crippen LogP contribution in [0.15, 0.2) is 42.5 Å². The summed E-state index contributed by atoms with van der Waals surface area (Å²) in [5.74, 6) is 0.590. The molecular formula is C18H20ClNO. The Balaban J connectivity index is 2.04. The molecule has 0 spiro atoms. The van der Waals surface area contributed by atoms with Gasteiger partial charge in [0.15, 0.2) is 0 Å². The molecule has 3 heteroatoms. The van der Waals surface area contributed by atoms with Crippen LogP contribution in [0.1, 0.15) is 31.1 Å². The maximum absolute atomic E-state index is 9.68. The molecule has 0 radical (unpaired) electrons. The van der Waals surface area contributed by atoms with Crippen LogP contribution < -0.4 is 4.90 Å². The van der Waals surface area contributed by atoms with E-state index < -0.39 is 6.10 Å². The molecule has 0 aromatic heterocycles. The number of rotatable bonds is 2. The number of hydrogen-bond acceptors (Lipinski definition) is 2. The predicted molar refractivity (Wildman–Crippen MR) is 88.4 cm³/mol. The van der Waals surface area contributed by atoms with Crippen LogP contribution in [-0.2, 0) is 6.42 Å². The smallest absolute Gasteiger partial charge is 0.0762 e. The zero-order valence-electron chi connectivity index (χ0n) is 12.4. The molecule has 2 aromatic rings. The number of nitrogens with zero attached hydrogens (tertiary/aromatic N) is 1. The zero-order valence-corrected chi connectivity index (χ0v) is 13.1. The van der Waals surface area contributed by atoms with Gasteiger partial charge in [-0.2, -0.15) is 0 Å². The second kappa shape index (κ2) is 5.70. The van der Waals surface area contributed by atoms with E-state index in [0.29, 0.717) is 10.9 Å². The van der Waals surface area contributed by atoms with Crippen molar-refractivity contribution in [3.63, 3.8) is 0 Å². The van der Waals surface area contributed by atoms with Crippen LogP contribution in [0.2, 0.25) is 5.02 Å². The van der Waals surface area contributed by atoms with Crippen molar-refractivity contribution in [3.8, 4) is 0 Å². The third-order valence-electron chi connectivity index (χ3n) is 4.09. The molecule has 0 saturated heterocycles. The number of aliphatic hydroxyl groups excluding tert-OH is 1. The lowest BCUT2D eigenvalue weighted by Gasteiger charge is -2.35. The summed E-state index contributed by atoms with van der Waals surface area (Å²) in [6, 6.07) is 14.3. The van der Waals surface area contributed by atoms with Gasteiger partial charge in [0.1, 0.15) is 0 Å². The average Bonchev–Trinajstić information content (AvgIpc) is 2.46. The van der Waals surface area contributed by atoms with Crippen molar-refractivity contribution >= 4 is 23.0 Å². The molecule has 0 fully saturated rings. The lowest BCUT2D eigenvalue weighted by Crippen LogP contribution is -2.30. The summed E-state index contributed by atoms with van der Waals surface area (Å²) in [6.07, 6.45) is 0.611. The Morgan fingerprint density at radius 2 is 1.95 bits per heavy atom. The third kappa shape index (κ3) is 2.78. The fourth-order valence-electron chi connectivity index (χ4n) is 3.03. The highest BCUT2D eigenvalue weighted by Gasteiger charge is 2.24. The van der Waals surface area contributed by atoms with Gasteiger partial charge in [-0.15, -0.1) is 0 Å². The molecular weight excluding hydrogens is 282 g/mol. The van der Waals surface area contributed by atoms with Crippen molar-refractivity contribution in [1.82, 2.24) is 0 Å². The molecule has 1 N–H and O–H groups in total. The molecule has 2 nitrogen and oxygen atoms in total. The molecule has 1 aliphatic rings. The van der Waals surface area contributed by atoms with Crippen molar-refractivity contribution < 1.29 is 5.11 Å². The van der Waals surface area contributed by atoms with Crippen LogP contribution in [0.3, 0.4) is 0 Å². The van der Waals surface area contributed by atoms with Gasteiger partial charge in [-0.25, -0.2) is 0 Å². The van der Waals surface area contributed by atoms with E-state index in [1.165, 1.54) is 11.3 Å². The van der Waals surface area contributed by atoms with Crippen molar-refractivity contribution in [3.05, 3.63) is 58.6 Å². The average molecular weight is 302 g/mol. The van der Waals surface area contributed by atoms with Gasteiger partial charge in [-0.3, -0.25) is 0 Å². The Bertz CT molecular complexity index is 653. The monoisotopic (exact) mass is 301 g/mol. The number of anilines is 2. The van der Waals surface area contributed by atoms with Crippen LogP contribution >= 0.6 is 11.6 Å². The first-order valence-corrected chi connectivity index (χ1v) is 7.77. The number of para-hydroxylation sites is 1. The van der Waals surface area contributed by atoms with Gasteiger partial charge in [0, 0.05) is 12.2 Å². The molecule has 21 heavy (non-hydrogen) atoms. The molecule has 0 saturated carbocycles. The molecule has 3 rings (SSSR count). The van der Waals surface area contributed by atoms with E-state index in [-0.39, 0.29) is 0 Å². The fourth-order valence-corrected chi connectivity index (χ4v) is 3.32. The Kier molecular flexibility index (Phi) is 3.92. The first kappa shape index (κ1) is 14.4. The highest BCUT2D eigenvalue weighted by molar-refractivity contribution is 6.33. The maximum Gasteiger partial charge on any atom is 0.0762 e. The van der Waals surface area contributed by atoms with E-state index in [0.717, 1.165) is 24.2 Å². The molecule has 0 aliphatic carbocycles. The Hall–Kier alpha value is -1.51. The summed E-state index contributed by atoms with van der Waals surface area (Å²) in [5, 5.41) is 10.4. The normalized spacial score (nSPS) is 19.2. The zero-order chi connectivity index (χ0) is 15.0. The first-order valence-electron chi connectivity index (χ1n) is 7.39. The molecule has 1 aliphatic heterocycles. The Morgan fingerprint density at radius 3 is 2.67 bits per heavy atom. The summed E-state index contributed by atoms with van der Waals surface area (Å²) in [5.41, 5.74) is 4.47. The highest BCUT2D eigenvalue weighted by atomic mass is 35.5. The quantitative estimate of drug-likeness (QED) is 0.867. The molecule has 2 aromatic carbocycles. The number of fused-ring (bicyclic) bond motifs is 1. The number of aliphatic hydroxyl groups is 1. The summed E-state index contributed by atoms with van der Waals surface area (Å²) in [4.78, 5) is 2.29. The molecule has 1 heterocycles. The van der Waals surface area contributed by atoms with Crippen LogP contribution in [0, 0.1) is 5.92 Å². The van der Waals surface area contributed by atoms with Gasteiger partial charge in [0.05, 0.1) is 16.8 Å². The van der Waals surface area contributed by atoms with E-state index in [4.69, 9.17) is 11.6 Å². The van der Waals surface area contributed by atoms with Gasteiger partial charge < -0.3 is 10.0 Å². The van der Waals surface area contributed by atoms with Crippen LogP contribution in [-0.4, -0.2) is 11.7 Å². The standard InChI is InChI=1S/C18H20ClNO/c1-12-9-15-5-3-4-6-17(15)20(11-12)18-8-7-14(13(2)21)10-16(18)19/h3-8,10,12-13,21H,9,11H2,1-2H3/t12?,13-/m1/s1. The number of benzene rings is 2. The largest absolute Gasteiger partial charge is 0.389 e. The van der Waals surface area contributed by atoms with E-state index >= 15 is 0 Å². The van der Waals surface area contributed by atoms with Gasteiger partial charge in [0.25, 0.3) is 0 Å². The summed E-state index contributed by atoms with van der Waals surface area (Å²) < 4.78 is 0. The maximum atomic E-state index is 9.68. The fraction of sp³-hybridized carbons (Fsp3) is 0.333. The lowest BCUT2D eigenvalue weighted by molar-refractivity contribution is 0.199. The first-order chi connectivity index (χ1) is 10.1. The second-order valence-electron chi connectivity index (χ2n) is 5.94. The molecule has 1 unspecified atom stereocenters. The van der Waals surface area contributed by atoms with E-state index in [9.17, 15) is 5.11 Å². The molecule has 0 bridgehead atoms. The van der Waals surface area contributed by atoms with Crippen LogP contribution in [0.4, 0.5) is 11.4 Å². The third-order valence-corrected chi connectivity index (χ3v) is 4.39. The van der Waals surface area contributed by atoms with Gasteiger partial charge in [-0.1, -0.05) is 42.8 Å². The summed E-state index contributed by atoms with van der Waals surface area (Å²) in [6.45, 7) is 4.98. The lowest BCUT2D eigenvalue weighted by atomic mass is 9.93. The molecule has 0 amide bonds. The van der Waals surface area contributed by atoms with E-state index in [1.807, 2.05) is 18.2 Å². The van der Waals surface area contributed by atoms with Gasteiger partial charge in [-0.05, 0) is 48.6 Å². The van der Waals surface area contributed by atoms with Crippen molar-refractivity contribution in [2.24, 2.45) is 5.92 Å². The number of halogens is 1. The van der Waals surface area contributed by atoms with Crippen LogP contribution in [0.25, 0.3) is 0 Å². The Labute approximate surface area is 131 Å². The molecule has 2 atom stereocenters. The van der Waals surface area contributed by atoms with Crippen molar-refractivity contribution in [1.29, 1.82) is 0 Å². The minimum atomic E-state index is -0.496. The van der Waals surface area contributed by atoms with E-state index in [2.05, 4.69) is 36.1 Å². The summed E-state index contributed by atoms with van der Waals surface area (Å²) in [7, 11) is 0. The second-order valence-corrected chi connectivity index (χ2v) is 6.34.